The number of hydrogen-bond donors (Lipinski definition) is 1. The summed E-state index contributed by atoms with van der Waals surface area (Å²) < 4.78 is 40.2. The maximum absolute atomic E-state index is 12.9. The van der Waals surface area contributed by atoms with Crippen LogP contribution in [0.3, 0.4) is 0 Å². The Labute approximate surface area is 97.8 Å². The topological polar surface area (TPSA) is 43.8 Å². The van der Waals surface area contributed by atoms with E-state index >= 15 is 0 Å². The number of aryl methyl sites for hydroxylation is 1. The number of nitrogens with zero attached hydrogens (tertiary/aromatic N) is 2. The fraction of sp³-hybridized carbons (Fsp3) is 0.727. The van der Waals surface area contributed by atoms with Crippen LogP contribution in [0.15, 0.2) is 6.07 Å². The Hall–Kier alpha value is -1.20. The molecular formula is C11H16F3N3. The van der Waals surface area contributed by atoms with Crippen LogP contribution in [0.1, 0.15) is 37.3 Å². The summed E-state index contributed by atoms with van der Waals surface area (Å²) in [7, 11) is 1.64. The Morgan fingerprint density at radius 1 is 1.35 bits per heavy atom. The van der Waals surface area contributed by atoms with Gasteiger partial charge in [0, 0.05) is 19.0 Å². The molecule has 6 heteroatoms. The van der Waals surface area contributed by atoms with Crippen LogP contribution in [0.5, 0.6) is 0 Å². The number of hydrogen-bond acceptors (Lipinski definition) is 2. The molecule has 1 heterocycles. The molecule has 1 aliphatic carbocycles. The number of alkyl halides is 3. The number of nitrogens with two attached hydrogens (primary N) is 1. The zero-order chi connectivity index (χ0) is 12.6. The first kappa shape index (κ1) is 12.3. The molecule has 2 unspecified atom stereocenters. The van der Waals surface area contributed by atoms with Gasteiger partial charge in [0.1, 0.15) is 5.82 Å². The third kappa shape index (κ3) is 2.40. The van der Waals surface area contributed by atoms with Crippen LogP contribution in [0.2, 0.25) is 0 Å². The van der Waals surface area contributed by atoms with E-state index in [4.69, 9.17) is 5.73 Å². The van der Waals surface area contributed by atoms with Gasteiger partial charge in [-0.15, -0.1) is 0 Å². The molecule has 1 fully saturated rings. The molecule has 0 aromatic carbocycles. The normalized spacial score (nSPS) is 26.1. The molecule has 0 radical (unpaired) electrons. The lowest BCUT2D eigenvalue weighted by Crippen LogP contribution is -2.31. The summed E-state index contributed by atoms with van der Waals surface area (Å²) >= 11 is 0. The highest BCUT2D eigenvalue weighted by Gasteiger charge is 2.46. The molecule has 1 aromatic rings. The van der Waals surface area contributed by atoms with Gasteiger partial charge in [-0.2, -0.15) is 18.3 Å². The van der Waals surface area contributed by atoms with E-state index in [0.717, 1.165) is 6.42 Å². The zero-order valence-electron chi connectivity index (χ0n) is 9.67. The standard InChI is InChI=1S/C11H16F3N3/c1-17-10(15)6-9(16-17)7-4-2-3-5-8(7)11(12,13)14/h6-8H,2-5,15H2,1H3. The van der Waals surface area contributed by atoms with Crippen molar-refractivity contribution >= 4 is 5.82 Å². The van der Waals surface area contributed by atoms with E-state index in [1.165, 1.54) is 4.68 Å². The first-order valence-corrected chi connectivity index (χ1v) is 5.75. The third-order valence-corrected chi connectivity index (χ3v) is 3.50. The molecule has 3 nitrogen and oxygen atoms in total. The van der Waals surface area contributed by atoms with Crippen molar-refractivity contribution in [1.82, 2.24) is 9.78 Å². The molecule has 1 aliphatic rings. The van der Waals surface area contributed by atoms with E-state index in [2.05, 4.69) is 5.10 Å². The van der Waals surface area contributed by atoms with Crippen LogP contribution >= 0.6 is 0 Å². The molecule has 17 heavy (non-hydrogen) atoms. The Balaban J connectivity index is 2.28. The van der Waals surface area contributed by atoms with Gasteiger partial charge in [-0.25, -0.2) is 0 Å². The summed E-state index contributed by atoms with van der Waals surface area (Å²) in [6.07, 6.45) is -1.93. The SMILES string of the molecule is Cn1nc(C2CCCCC2C(F)(F)F)cc1N. The van der Waals surface area contributed by atoms with E-state index in [-0.39, 0.29) is 6.42 Å². The highest BCUT2D eigenvalue weighted by atomic mass is 19.4. The molecule has 2 rings (SSSR count). The van der Waals surface area contributed by atoms with Gasteiger partial charge >= 0.3 is 6.18 Å². The average Bonchev–Trinajstić information content (AvgIpc) is 2.58. The predicted molar refractivity (Wildman–Crippen MR) is 58.4 cm³/mol. The van der Waals surface area contributed by atoms with Crippen LogP contribution < -0.4 is 5.73 Å². The number of aromatic nitrogens is 2. The molecule has 2 atom stereocenters. The molecule has 0 aliphatic heterocycles. The summed E-state index contributed by atoms with van der Waals surface area (Å²) in [6.45, 7) is 0. The van der Waals surface area contributed by atoms with E-state index in [9.17, 15) is 13.2 Å². The van der Waals surface area contributed by atoms with Crippen LogP contribution in [0, 0.1) is 5.92 Å². The van der Waals surface area contributed by atoms with Crippen molar-refractivity contribution < 1.29 is 13.2 Å². The Bertz CT molecular complexity index is 378. The molecule has 1 aromatic heterocycles. The summed E-state index contributed by atoms with van der Waals surface area (Å²) in [5.74, 6) is -1.40. The average molecular weight is 247 g/mol. The molecule has 96 valence electrons. The molecular weight excluding hydrogens is 231 g/mol. The van der Waals surface area contributed by atoms with Crippen molar-refractivity contribution in [3.63, 3.8) is 0 Å². The molecule has 0 saturated heterocycles. The Kier molecular flexibility index (Phi) is 3.05. The van der Waals surface area contributed by atoms with Gasteiger partial charge in [-0.3, -0.25) is 4.68 Å². The quantitative estimate of drug-likeness (QED) is 0.829. The first-order valence-electron chi connectivity index (χ1n) is 5.75. The van der Waals surface area contributed by atoms with Crippen molar-refractivity contribution in [2.75, 3.05) is 5.73 Å². The van der Waals surface area contributed by atoms with Crippen molar-refractivity contribution in [1.29, 1.82) is 0 Å². The maximum atomic E-state index is 12.9. The maximum Gasteiger partial charge on any atom is 0.392 e. The van der Waals surface area contributed by atoms with Gasteiger partial charge in [0.15, 0.2) is 0 Å². The Morgan fingerprint density at radius 3 is 2.53 bits per heavy atom. The van der Waals surface area contributed by atoms with E-state index in [1.54, 1.807) is 13.1 Å². The lowest BCUT2D eigenvalue weighted by atomic mass is 9.77. The minimum Gasteiger partial charge on any atom is -0.384 e. The smallest absolute Gasteiger partial charge is 0.384 e. The van der Waals surface area contributed by atoms with E-state index < -0.39 is 18.0 Å². The largest absolute Gasteiger partial charge is 0.392 e. The second-order valence-electron chi connectivity index (χ2n) is 4.66. The van der Waals surface area contributed by atoms with Gasteiger partial charge in [-0.1, -0.05) is 12.8 Å². The minimum absolute atomic E-state index is 0.199. The second-order valence-corrected chi connectivity index (χ2v) is 4.66. The van der Waals surface area contributed by atoms with E-state index in [0.29, 0.717) is 24.4 Å². The highest BCUT2D eigenvalue weighted by molar-refractivity contribution is 5.32. The molecule has 1 saturated carbocycles. The summed E-state index contributed by atoms with van der Waals surface area (Å²) in [6, 6.07) is 1.56. The van der Waals surface area contributed by atoms with Crippen molar-refractivity contribution in [3.05, 3.63) is 11.8 Å². The number of halogens is 3. The second kappa shape index (κ2) is 4.23. The summed E-state index contributed by atoms with van der Waals surface area (Å²) in [5.41, 5.74) is 6.10. The number of anilines is 1. The van der Waals surface area contributed by atoms with Gasteiger partial charge in [0.05, 0.1) is 11.6 Å². The Morgan fingerprint density at radius 2 is 2.00 bits per heavy atom. The van der Waals surface area contributed by atoms with Crippen LogP contribution in [-0.4, -0.2) is 16.0 Å². The van der Waals surface area contributed by atoms with Crippen LogP contribution in [-0.2, 0) is 7.05 Å². The minimum atomic E-state index is -4.14. The first-order chi connectivity index (χ1) is 7.89. The van der Waals surface area contributed by atoms with E-state index in [1.807, 2.05) is 0 Å². The third-order valence-electron chi connectivity index (χ3n) is 3.50. The zero-order valence-corrected chi connectivity index (χ0v) is 9.67. The van der Waals surface area contributed by atoms with Gasteiger partial charge in [0.2, 0.25) is 0 Å². The lowest BCUT2D eigenvalue weighted by molar-refractivity contribution is -0.187. The fourth-order valence-electron chi connectivity index (χ4n) is 2.56. The predicted octanol–water partition coefficient (Wildman–Crippen LogP) is 2.84. The molecule has 0 bridgehead atoms. The van der Waals surface area contributed by atoms with Gasteiger partial charge in [-0.05, 0) is 12.8 Å². The lowest BCUT2D eigenvalue weighted by Gasteiger charge is -2.31. The summed E-state index contributed by atoms with van der Waals surface area (Å²) in [5, 5.41) is 4.09. The van der Waals surface area contributed by atoms with Crippen LogP contribution in [0.4, 0.5) is 19.0 Å². The van der Waals surface area contributed by atoms with Gasteiger partial charge in [0.25, 0.3) is 0 Å². The molecule has 0 amide bonds. The highest BCUT2D eigenvalue weighted by Crippen LogP contribution is 2.46. The monoisotopic (exact) mass is 247 g/mol. The van der Waals surface area contributed by atoms with Crippen molar-refractivity contribution in [2.45, 2.75) is 37.8 Å². The van der Waals surface area contributed by atoms with Crippen molar-refractivity contribution in [3.8, 4) is 0 Å². The number of rotatable bonds is 1. The molecule has 2 N–H and O–H groups in total. The van der Waals surface area contributed by atoms with Crippen LogP contribution in [0.25, 0.3) is 0 Å². The number of nitrogen functional groups attached to an aromatic ring is 1. The van der Waals surface area contributed by atoms with Crippen molar-refractivity contribution in [2.24, 2.45) is 13.0 Å². The van der Waals surface area contributed by atoms with Gasteiger partial charge < -0.3 is 5.73 Å². The molecule has 0 spiro atoms. The summed E-state index contributed by atoms with van der Waals surface area (Å²) in [4.78, 5) is 0. The fourth-order valence-corrected chi connectivity index (χ4v) is 2.56.